The number of benzene rings is 1. The summed E-state index contributed by atoms with van der Waals surface area (Å²) < 4.78 is 5.24. The van der Waals surface area contributed by atoms with E-state index in [-0.39, 0.29) is 5.56 Å². The van der Waals surface area contributed by atoms with Gasteiger partial charge in [-0.05, 0) is 44.4 Å². The van der Waals surface area contributed by atoms with Gasteiger partial charge in [-0.15, -0.1) is 0 Å². The van der Waals surface area contributed by atoms with Gasteiger partial charge in [-0.2, -0.15) is 0 Å². The molecule has 7 nitrogen and oxygen atoms in total. The van der Waals surface area contributed by atoms with Crippen molar-refractivity contribution in [1.82, 2.24) is 19.9 Å². The summed E-state index contributed by atoms with van der Waals surface area (Å²) in [6.07, 6.45) is 2.61. The van der Waals surface area contributed by atoms with Crippen molar-refractivity contribution in [1.29, 1.82) is 0 Å². The normalized spacial score (nSPS) is 13.1. The summed E-state index contributed by atoms with van der Waals surface area (Å²) in [4.78, 5) is 28.3. The number of nitrogens with zero attached hydrogens (tertiary/aromatic N) is 3. The number of hydrogen-bond acceptors (Lipinski definition) is 6. The first-order chi connectivity index (χ1) is 11.6. The molecule has 0 fully saturated rings. The number of H-pyrrole nitrogens is 1. The van der Waals surface area contributed by atoms with Crippen molar-refractivity contribution in [2.24, 2.45) is 0 Å². The third kappa shape index (κ3) is 2.47. The van der Waals surface area contributed by atoms with Crippen LogP contribution < -0.4 is 15.6 Å². The number of aromatic nitrogens is 4. The summed E-state index contributed by atoms with van der Waals surface area (Å²) in [6, 6.07) is 5.64. The molecule has 1 aromatic carbocycles. The number of nitrogens with one attached hydrogen (secondary N) is 2. The third-order valence-corrected chi connectivity index (χ3v) is 4.27. The van der Waals surface area contributed by atoms with Crippen molar-refractivity contribution in [2.45, 2.75) is 26.2 Å². The van der Waals surface area contributed by atoms with E-state index in [1.54, 1.807) is 7.11 Å². The van der Waals surface area contributed by atoms with Crippen LogP contribution in [0.25, 0.3) is 10.9 Å². The van der Waals surface area contributed by atoms with Crippen LogP contribution in [0.15, 0.2) is 23.0 Å². The topological polar surface area (TPSA) is 92.8 Å². The number of hydrogen-bond donors (Lipinski definition) is 2. The molecule has 122 valence electrons. The Labute approximate surface area is 138 Å². The Balaban J connectivity index is 1.73. The van der Waals surface area contributed by atoms with Gasteiger partial charge >= 0.3 is 0 Å². The first kappa shape index (κ1) is 14.6. The first-order valence-electron chi connectivity index (χ1n) is 7.85. The van der Waals surface area contributed by atoms with E-state index in [0.29, 0.717) is 11.9 Å². The molecule has 0 saturated carbocycles. The predicted molar refractivity (Wildman–Crippen MR) is 91.0 cm³/mol. The van der Waals surface area contributed by atoms with Crippen LogP contribution in [-0.2, 0) is 12.8 Å². The lowest BCUT2D eigenvalue weighted by Gasteiger charge is -2.09. The molecule has 0 unspecified atom stereocenters. The van der Waals surface area contributed by atoms with Crippen LogP contribution in [0.2, 0.25) is 0 Å². The van der Waals surface area contributed by atoms with Crippen LogP contribution in [0, 0.1) is 6.92 Å². The molecule has 2 aromatic heterocycles. The zero-order valence-corrected chi connectivity index (χ0v) is 13.5. The van der Waals surface area contributed by atoms with Crippen molar-refractivity contribution in [2.75, 3.05) is 12.4 Å². The fourth-order valence-electron chi connectivity index (χ4n) is 3.05. The van der Waals surface area contributed by atoms with Gasteiger partial charge in [-0.3, -0.25) is 15.1 Å². The third-order valence-electron chi connectivity index (χ3n) is 4.27. The van der Waals surface area contributed by atoms with Crippen LogP contribution in [0.5, 0.6) is 5.75 Å². The summed E-state index contributed by atoms with van der Waals surface area (Å²) in [6.45, 7) is 1.91. The van der Waals surface area contributed by atoms with Gasteiger partial charge < -0.3 is 4.74 Å². The number of methoxy groups -OCH3 is 1. The lowest BCUT2D eigenvalue weighted by molar-refractivity contribution is 0.415. The zero-order chi connectivity index (χ0) is 16.7. The molecule has 1 aliphatic rings. The van der Waals surface area contributed by atoms with Gasteiger partial charge in [0.2, 0.25) is 11.9 Å². The quantitative estimate of drug-likeness (QED) is 0.768. The number of anilines is 2. The van der Waals surface area contributed by atoms with Crippen LogP contribution in [0.3, 0.4) is 0 Å². The lowest BCUT2D eigenvalue weighted by Crippen LogP contribution is -2.16. The molecule has 0 aliphatic heterocycles. The maximum absolute atomic E-state index is 12.1. The Kier molecular flexibility index (Phi) is 3.41. The molecule has 0 amide bonds. The van der Waals surface area contributed by atoms with E-state index >= 15 is 0 Å². The molecule has 7 heteroatoms. The number of aryl methyl sites for hydroxylation is 2. The molecule has 4 rings (SSSR count). The number of rotatable bonds is 3. The van der Waals surface area contributed by atoms with Gasteiger partial charge in [0.25, 0.3) is 5.56 Å². The molecular formula is C17H17N5O2. The molecular weight excluding hydrogens is 306 g/mol. The van der Waals surface area contributed by atoms with Crippen molar-refractivity contribution in [3.05, 3.63) is 45.5 Å². The Morgan fingerprint density at radius 1 is 1.21 bits per heavy atom. The minimum Gasteiger partial charge on any atom is -0.497 e. The average molecular weight is 323 g/mol. The Hall–Kier alpha value is -2.96. The highest BCUT2D eigenvalue weighted by Gasteiger charge is 2.17. The summed E-state index contributed by atoms with van der Waals surface area (Å²) in [5.74, 6) is 1.55. The van der Waals surface area contributed by atoms with E-state index in [9.17, 15) is 4.79 Å². The summed E-state index contributed by atoms with van der Waals surface area (Å²) >= 11 is 0. The molecule has 2 N–H and O–H groups in total. The van der Waals surface area contributed by atoms with Crippen LogP contribution in [0.4, 0.5) is 11.9 Å². The fourth-order valence-corrected chi connectivity index (χ4v) is 3.05. The smallest absolute Gasteiger partial charge is 0.255 e. The molecule has 0 atom stereocenters. The molecule has 0 radical (unpaired) electrons. The summed E-state index contributed by atoms with van der Waals surface area (Å²) in [5, 5.41) is 3.94. The standard InChI is InChI=1S/C17H17N5O2/c1-9-12-8-10(24-2)6-7-14(12)20-16(18-9)22-17-19-13-5-3-4-11(13)15(23)21-17/h6-8H,3-5H2,1-2H3,(H2,18,19,20,21,22,23). The number of aromatic amines is 1. The lowest BCUT2D eigenvalue weighted by atomic mass is 10.2. The zero-order valence-electron chi connectivity index (χ0n) is 13.5. The maximum atomic E-state index is 12.1. The summed E-state index contributed by atoms with van der Waals surface area (Å²) in [5.41, 5.74) is 3.20. The van der Waals surface area contributed by atoms with Gasteiger partial charge in [0.1, 0.15) is 5.75 Å². The second kappa shape index (κ2) is 5.59. The van der Waals surface area contributed by atoms with Crippen molar-refractivity contribution >= 4 is 22.8 Å². The minimum atomic E-state index is -0.0813. The Bertz CT molecular complexity index is 996. The van der Waals surface area contributed by atoms with Crippen molar-refractivity contribution in [3.8, 4) is 5.75 Å². The monoisotopic (exact) mass is 323 g/mol. The molecule has 0 bridgehead atoms. The fraction of sp³-hybridized carbons (Fsp3) is 0.294. The van der Waals surface area contributed by atoms with E-state index in [1.807, 2.05) is 25.1 Å². The van der Waals surface area contributed by atoms with Gasteiger partial charge in [-0.25, -0.2) is 15.0 Å². The highest BCUT2D eigenvalue weighted by atomic mass is 16.5. The molecule has 3 aromatic rings. The van der Waals surface area contributed by atoms with E-state index in [4.69, 9.17) is 4.74 Å². The van der Waals surface area contributed by atoms with Gasteiger partial charge in [0.15, 0.2) is 0 Å². The van der Waals surface area contributed by atoms with Gasteiger partial charge in [0, 0.05) is 10.9 Å². The molecule has 0 spiro atoms. The van der Waals surface area contributed by atoms with E-state index in [0.717, 1.165) is 52.9 Å². The van der Waals surface area contributed by atoms with Crippen molar-refractivity contribution < 1.29 is 4.74 Å². The average Bonchev–Trinajstić information content (AvgIpc) is 3.04. The molecule has 1 aliphatic carbocycles. The van der Waals surface area contributed by atoms with E-state index < -0.39 is 0 Å². The van der Waals surface area contributed by atoms with Crippen LogP contribution >= 0.6 is 0 Å². The van der Waals surface area contributed by atoms with Gasteiger partial charge in [-0.1, -0.05) is 0 Å². The van der Waals surface area contributed by atoms with Gasteiger partial charge in [0.05, 0.1) is 24.0 Å². The van der Waals surface area contributed by atoms with Crippen LogP contribution in [0.1, 0.15) is 23.4 Å². The minimum absolute atomic E-state index is 0.0813. The van der Waals surface area contributed by atoms with E-state index in [1.165, 1.54) is 0 Å². The van der Waals surface area contributed by atoms with Crippen LogP contribution in [-0.4, -0.2) is 27.0 Å². The number of fused-ring (bicyclic) bond motifs is 2. The Morgan fingerprint density at radius 3 is 2.92 bits per heavy atom. The molecule has 24 heavy (non-hydrogen) atoms. The largest absolute Gasteiger partial charge is 0.497 e. The molecule has 2 heterocycles. The number of ether oxygens (including phenoxy) is 1. The second-order valence-corrected chi connectivity index (χ2v) is 5.83. The second-order valence-electron chi connectivity index (χ2n) is 5.83. The maximum Gasteiger partial charge on any atom is 0.255 e. The first-order valence-corrected chi connectivity index (χ1v) is 7.85. The Morgan fingerprint density at radius 2 is 2.08 bits per heavy atom. The highest BCUT2D eigenvalue weighted by Crippen LogP contribution is 2.23. The van der Waals surface area contributed by atoms with Crippen molar-refractivity contribution in [3.63, 3.8) is 0 Å². The van der Waals surface area contributed by atoms with E-state index in [2.05, 4.69) is 25.3 Å². The highest BCUT2D eigenvalue weighted by molar-refractivity contribution is 5.83. The summed E-state index contributed by atoms with van der Waals surface area (Å²) in [7, 11) is 1.63. The molecule has 0 saturated heterocycles. The SMILES string of the molecule is COc1ccc2nc(Nc3nc4c(c(=O)[nH]3)CCC4)nc(C)c2c1. The predicted octanol–water partition coefficient (Wildman–Crippen LogP) is 2.26.